The average Bonchev–Trinajstić information content (AvgIpc) is 4.03. The van der Waals surface area contributed by atoms with E-state index in [-0.39, 0.29) is 43.6 Å². The van der Waals surface area contributed by atoms with Gasteiger partial charge >= 0.3 is 12.1 Å². The molecule has 22 nitrogen and oxygen atoms in total. The van der Waals surface area contributed by atoms with E-state index in [4.69, 9.17) is 40.0 Å². The van der Waals surface area contributed by atoms with Crippen LogP contribution in [0.1, 0.15) is 67.8 Å². The van der Waals surface area contributed by atoms with Gasteiger partial charge in [-0.25, -0.2) is 14.6 Å². The van der Waals surface area contributed by atoms with Gasteiger partial charge in [0.15, 0.2) is 17.0 Å². The van der Waals surface area contributed by atoms with Gasteiger partial charge in [0, 0.05) is 32.1 Å². The van der Waals surface area contributed by atoms with Gasteiger partial charge in [-0.15, -0.1) is 30.4 Å². The number of unbranched alkanes of at least 4 members (excludes halogenated alkanes) is 2. The molecule has 4 heterocycles. The Balaban J connectivity index is 0.997. The van der Waals surface area contributed by atoms with Gasteiger partial charge in [-0.3, -0.25) is 0 Å². The Hall–Kier alpha value is -5.97. The molecule has 0 aliphatic carbocycles. The van der Waals surface area contributed by atoms with Crippen molar-refractivity contribution in [3.8, 4) is 22.5 Å². The number of esters is 1. The summed E-state index contributed by atoms with van der Waals surface area (Å²) in [5.74, 6) is 0.215. The highest BCUT2D eigenvalue weighted by Crippen LogP contribution is 2.32. The van der Waals surface area contributed by atoms with Crippen molar-refractivity contribution in [2.45, 2.75) is 95.7 Å². The zero-order chi connectivity index (χ0) is 42.6. The largest absolute Gasteiger partial charge is 0.511 e. The van der Waals surface area contributed by atoms with Crippen LogP contribution in [-0.4, -0.2) is 116 Å². The molecule has 2 aromatic carbocycles. The molecule has 0 radical (unpaired) electrons. The van der Waals surface area contributed by atoms with Crippen LogP contribution < -0.4 is 0 Å². The van der Waals surface area contributed by atoms with Crippen LogP contribution in [0.25, 0.3) is 22.5 Å². The molecule has 2 fully saturated rings. The molecule has 0 bridgehead atoms. The summed E-state index contributed by atoms with van der Waals surface area (Å²) >= 11 is 6.55. The maximum atomic E-state index is 13.6. The van der Waals surface area contributed by atoms with Gasteiger partial charge in [-0.2, -0.15) is 5.21 Å². The van der Waals surface area contributed by atoms with E-state index < -0.39 is 65.7 Å². The lowest BCUT2D eigenvalue weighted by molar-refractivity contribution is -0.790. The Morgan fingerprint density at radius 2 is 1.72 bits per heavy atom. The highest BCUT2D eigenvalue weighted by Gasteiger charge is 2.50. The molecule has 2 aromatic heterocycles. The monoisotopic (exact) mass is 858 g/mol. The number of fused-ring (bicyclic) bond motifs is 1. The number of carbonyl (C=O) groups excluding carboxylic acids is 2. The minimum absolute atomic E-state index is 0.00353. The predicted molar refractivity (Wildman–Crippen MR) is 204 cm³/mol. The molecule has 0 amide bonds. The van der Waals surface area contributed by atoms with Gasteiger partial charge in [-0.05, 0) is 47.6 Å². The molecule has 2 aliphatic rings. The summed E-state index contributed by atoms with van der Waals surface area (Å²) in [4.78, 5) is 60.6. The molecule has 6 atom stereocenters. The van der Waals surface area contributed by atoms with Gasteiger partial charge in [0.05, 0.1) is 13.2 Å². The lowest BCUT2D eigenvalue weighted by atomic mass is 9.98. The second kappa shape index (κ2) is 20.8. The van der Waals surface area contributed by atoms with Crippen LogP contribution in [0.2, 0.25) is 5.15 Å². The lowest BCUT2D eigenvalue weighted by Gasteiger charge is -2.19. The highest BCUT2D eigenvalue weighted by molar-refractivity contribution is 6.32. The Morgan fingerprint density at radius 1 is 0.983 bits per heavy atom. The number of carbonyl (C=O) groups is 2. The standard InChI is InChI=1S/C37H43ClN8O14/c1-3-4-12-30-39-34(38)31(44(30)18-23-13-15-24(16-14-23)26-10-5-6-11-27(26)35-40-42-43-41-35)36(47)57-22(2)58-37(48)59-29-21-55-32-28(20-54-33(29)32)53-17-8-7-9-25(60-46(51)52)19-56-45(49)50/h5-6,10-11,13-16,22,25,28-29,32-33H,3-4,7-9,12,17-21H2,1-2H3,(H,40,41,42,43)/t22?,25-,28-,29-,32?,33?/m0/s1. The number of tetrazole rings is 1. The minimum atomic E-state index is -1.37. The molecule has 0 spiro atoms. The number of imidazole rings is 1. The molecule has 2 saturated heterocycles. The fourth-order valence-corrected chi connectivity index (χ4v) is 7.14. The lowest BCUT2D eigenvalue weighted by Crippen LogP contribution is -2.36. The van der Waals surface area contributed by atoms with Crippen LogP contribution in [0, 0.1) is 20.2 Å². The molecule has 322 valence electrons. The summed E-state index contributed by atoms with van der Waals surface area (Å²) in [6.45, 7) is 3.46. The number of nitrogens with one attached hydrogen (secondary N) is 1. The molecular formula is C37H43ClN8O14. The minimum Gasteiger partial charge on any atom is -0.426 e. The van der Waals surface area contributed by atoms with Gasteiger partial charge in [0.1, 0.15) is 36.8 Å². The number of nitrogens with zero attached hydrogens (tertiary/aromatic N) is 7. The molecule has 60 heavy (non-hydrogen) atoms. The zero-order valence-electron chi connectivity index (χ0n) is 32.6. The van der Waals surface area contributed by atoms with Crippen molar-refractivity contribution in [3.63, 3.8) is 0 Å². The van der Waals surface area contributed by atoms with Gasteiger partial charge < -0.3 is 42.7 Å². The molecule has 3 unspecified atom stereocenters. The fourth-order valence-electron chi connectivity index (χ4n) is 6.87. The second-order valence-corrected chi connectivity index (χ2v) is 14.2. The van der Waals surface area contributed by atoms with E-state index in [1.807, 2.05) is 55.5 Å². The number of aromatic nitrogens is 6. The molecule has 23 heteroatoms. The van der Waals surface area contributed by atoms with Gasteiger partial charge in [-0.1, -0.05) is 73.5 Å². The van der Waals surface area contributed by atoms with E-state index in [2.05, 4.69) is 35.3 Å². The van der Waals surface area contributed by atoms with Crippen molar-refractivity contribution in [3.05, 3.63) is 91.0 Å². The van der Waals surface area contributed by atoms with Crippen LogP contribution in [-0.2, 0) is 51.1 Å². The molecule has 2 aliphatic heterocycles. The van der Waals surface area contributed by atoms with Crippen molar-refractivity contribution in [2.24, 2.45) is 0 Å². The third-order valence-electron chi connectivity index (χ3n) is 9.67. The number of hydrogen-bond donors (Lipinski definition) is 1. The first-order chi connectivity index (χ1) is 29.0. The Morgan fingerprint density at radius 3 is 2.42 bits per heavy atom. The number of ether oxygens (including phenoxy) is 6. The summed E-state index contributed by atoms with van der Waals surface area (Å²) in [6.07, 6.45) is -2.90. The van der Waals surface area contributed by atoms with Crippen LogP contribution in [0.4, 0.5) is 4.79 Å². The number of aryl methyl sites for hydroxylation is 1. The summed E-state index contributed by atoms with van der Waals surface area (Å²) in [7, 11) is 0. The van der Waals surface area contributed by atoms with Crippen LogP contribution >= 0.6 is 11.6 Å². The van der Waals surface area contributed by atoms with Crippen molar-refractivity contribution in [2.75, 3.05) is 26.4 Å². The predicted octanol–water partition coefficient (Wildman–Crippen LogP) is 4.94. The summed E-state index contributed by atoms with van der Waals surface area (Å²) < 4.78 is 35.5. The Labute approximate surface area is 346 Å². The van der Waals surface area contributed by atoms with E-state index in [9.17, 15) is 29.8 Å². The van der Waals surface area contributed by atoms with Crippen LogP contribution in [0.15, 0.2) is 48.5 Å². The number of halogens is 1. The highest BCUT2D eigenvalue weighted by atomic mass is 35.5. The second-order valence-electron chi connectivity index (χ2n) is 13.8. The molecule has 6 rings (SSSR count). The maximum Gasteiger partial charge on any atom is 0.511 e. The van der Waals surface area contributed by atoms with E-state index in [1.165, 1.54) is 6.92 Å². The van der Waals surface area contributed by atoms with E-state index in [1.54, 1.807) is 4.57 Å². The average molecular weight is 859 g/mol. The number of benzene rings is 2. The van der Waals surface area contributed by atoms with Crippen LogP contribution in [0.5, 0.6) is 0 Å². The Kier molecular flexibility index (Phi) is 15.1. The number of aromatic amines is 1. The smallest absolute Gasteiger partial charge is 0.426 e. The van der Waals surface area contributed by atoms with E-state index in [0.29, 0.717) is 30.9 Å². The maximum absolute atomic E-state index is 13.6. The third kappa shape index (κ3) is 11.4. The summed E-state index contributed by atoms with van der Waals surface area (Å²) in [6, 6.07) is 15.5. The van der Waals surface area contributed by atoms with Crippen molar-refractivity contribution >= 4 is 23.7 Å². The first-order valence-corrected chi connectivity index (χ1v) is 19.6. The van der Waals surface area contributed by atoms with Gasteiger partial charge in [0.25, 0.3) is 10.2 Å². The van der Waals surface area contributed by atoms with Crippen molar-refractivity contribution in [1.82, 2.24) is 30.2 Å². The van der Waals surface area contributed by atoms with E-state index in [0.717, 1.165) is 35.1 Å². The number of H-pyrrole nitrogens is 1. The first kappa shape index (κ1) is 43.6. The number of rotatable bonds is 22. The Bertz CT molecular complexity index is 2070. The molecule has 1 N–H and O–H groups in total. The fraction of sp³-hybridized carbons (Fsp3) is 0.514. The third-order valence-corrected chi connectivity index (χ3v) is 9.93. The topological polar surface area (TPSA) is 267 Å². The summed E-state index contributed by atoms with van der Waals surface area (Å²) in [5.41, 5.74) is 3.52. The van der Waals surface area contributed by atoms with Crippen molar-refractivity contribution < 1.29 is 57.9 Å². The van der Waals surface area contributed by atoms with Gasteiger partial charge in [0.2, 0.25) is 12.1 Å². The molecular weight excluding hydrogens is 816 g/mol. The SMILES string of the molecule is CCCCc1nc(Cl)c(C(=O)OC(C)OC(=O)O[C@H]2COC3C2OC[C@@H]3OCCCC[C@@H](CO[N+](=O)[O-])O[N+](=O)[O-])n1Cc1ccc(-c2ccccc2-c2nn[nH]n2)cc1. The first-order valence-electron chi connectivity index (χ1n) is 19.2. The quantitative estimate of drug-likeness (QED) is 0.0360. The zero-order valence-corrected chi connectivity index (χ0v) is 33.3. The van der Waals surface area contributed by atoms with E-state index >= 15 is 0 Å². The molecule has 4 aromatic rings. The van der Waals surface area contributed by atoms with Crippen LogP contribution in [0.3, 0.4) is 0 Å². The van der Waals surface area contributed by atoms with Crippen molar-refractivity contribution in [1.29, 1.82) is 0 Å². The molecule has 0 saturated carbocycles. The normalized spacial score (nSPS) is 19.2. The summed E-state index contributed by atoms with van der Waals surface area (Å²) in [5, 5.41) is 33.4. The number of hydrogen-bond acceptors (Lipinski definition) is 18.